The van der Waals surface area contributed by atoms with Crippen LogP contribution >= 0.6 is 11.6 Å². The first kappa shape index (κ1) is 18.7. The number of amides is 1. The second-order valence-electron chi connectivity index (χ2n) is 7.41. The average Bonchev–Trinajstić information content (AvgIpc) is 2.47. The van der Waals surface area contributed by atoms with Gasteiger partial charge >= 0.3 is 6.09 Å². The number of fused-ring (bicyclic) bond motifs is 1. The molecule has 2 aromatic rings. The zero-order valence-corrected chi connectivity index (χ0v) is 15.9. The highest BCUT2D eigenvalue weighted by atomic mass is 35.5. The lowest BCUT2D eigenvalue weighted by Gasteiger charge is -2.41. The Morgan fingerprint density at radius 2 is 2.08 bits per heavy atom. The minimum absolute atomic E-state index is 0.162. The molecule has 0 unspecified atom stereocenters. The number of aromatic nitrogens is 2. The highest BCUT2D eigenvalue weighted by molar-refractivity contribution is 6.35. The molecule has 7 nitrogen and oxygen atoms in total. The average molecular weight is 379 g/mol. The second kappa shape index (κ2) is 6.89. The monoisotopic (exact) mass is 378 g/mol. The normalized spacial score (nSPS) is 15.2. The van der Waals surface area contributed by atoms with Crippen LogP contribution in [0.5, 0.6) is 0 Å². The van der Waals surface area contributed by atoms with E-state index in [1.165, 1.54) is 0 Å². The molecule has 0 aliphatic carbocycles. The summed E-state index contributed by atoms with van der Waals surface area (Å²) in [7, 11) is 0. The topological polar surface area (TPSA) is 90.4 Å². The van der Waals surface area contributed by atoms with Crippen LogP contribution in [0.3, 0.4) is 0 Å². The maximum absolute atomic E-state index is 13.0. The lowest BCUT2D eigenvalue weighted by atomic mass is 10.1. The molecule has 1 aromatic carbocycles. The van der Waals surface area contributed by atoms with Gasteiger partial charge in [-0.1, -0.05) is 17.7 Å². The van der Waals surface area contributed by atoms with E-state index in [0.29, 0.717) is 47.8 Å². The van der Waals surface area contributed by atoms with Crippen molar-refractivity contribution in [2.24, 2.45) is 5.73 Å². The van der Waals surface area contributed by atoms with Gasteiger partial charge in [-0.3, -0.25) is 9.36 Å². The van der Waals surface area contributed by atoms with Gasteiger partial charge in [-0.15, -0.1) is 0 Å². The number of halogens is 1. The van der Waals surface area contributed by atoms with E-state index in [-0.39, 0.29) is 17.7 Å². The summed E-state index contributed by atoms with van der Waals surface area (Å²) in [4.78, 5) is 31.3. The molecule has 8 heteroatoms. The van der Waals surface area contributed by atoms with Crippen LogP contribution in [0.4, 0.5) is 4.79 Å². The Bertz CT molecular complexity index is 898. The number of ether oxygens (including phenoxy) is 1. The summed E-state index contributed by atoms with van der Waals surface area (Å²) in [5, 5.41) is 0.766. The Balaban J connectivity index is 1.92. The van der Waals surface area contributed by atoms with Crippen LogP contribution in [-0.2, 0) is 11.2 Å². The van der Waals surface area contributed by atoms with Crippen LogP contribution in [-0.4, -0.2) is 45.8 Å². The van der Waals surface area contributed by atoms with Gasteiger partial charge in [-0.05, 0) is 39.4 Å². The third-order valence-corrected chi connectivity index (χ3v) is 4.51. The summed E-state index contributed by atoms with van der Waals surface area (Å²) in [6, 6.07) is 5.04. The number of hydrogen-bond donors (Lipinski definition) is 1. The van der Waals surface area contributed by atoms with E-state index in [1.54, 1.807) is 27.7 Å². The van der Waals surface area contributed by atoms with Crippen molar-refractivity contribution in [1.29, 1.82) is 0 Å². The summed E-state index contributed by atoms with van der Waals surface area (Å²) >= 11 is 6.22. The van der Waals surface area contributed by atoms with E-state index in [1.807, 2.05) is 20.8 Å². The van der Waals surface area contributed by atoms with E-state index < -0.39 is 5.60 Å². The number of nitrogens with zero attached hydrogens (tertiary/aromatic N) is 3. The molecule has 1 aromatic heterocycles. The molecule has 1 aliphatic heterocycles. The van der Waals surface area contributed by atoms with E-state index in [2.05, 4.69) is 4.98 Å². The largest absolute Gasteiger partial charge is 0.444 e. The minimum Gasteiger partial charge on any atom is -0.444 e. The zero-order chi connectivity index (χ0) is 19.1. The number of hydrogen-bond acceptors (Lipinski definition) is 5. The minimum atomic E-state index is -0.554. The molecule has 0 radical (unpaired) electrons. The van der Waals surface area contributed by atoms with Crippen molar-refractivity contribution < 1.29 is 9.53 Å². The number of carbonyl (C=O) groups is 1. The van der Waals surface area contributed by atoms with Gasteiger partial charge in [0.15, 0.2) is 0 Å². The molecule has 1 aliphatic rings. The van der Waals surface area contributed by atoms with Crippen molar-refractivity contribution in [3.8, 4) is 0 Å². The van der Waals surface area contributed by atoms with Crippen LogP contribution in [0.15, 0.2) is 23.0 Å². The molecule has 2 N–H and O–H groups in total. The predicted octanol–water partition coefficient (Wildman–Crippen LogP) is 2.34. The smallest absolute Gasteiger partial charge is 0.410 e. The van der Waals surface area contributed by atoms with Crippen molar-refractivity contribution in [1.82, 2.24) is 14.5 Å². The summed E-state index contributed by atoms with van der Waals surface area (Å²) in [6.45, 7) is 6.62. The third kappa shape index (κ3) is 3.54. The van der Waals surface area contributed by atoms with Gasteiger partial charge in [-0.2, -0.15) is 0 Å². The molecule has 140 valence electrons. The molecule has 0 spiro atoms. The molecule has 0 bridgehead atoms. The molecule has 1 fully saturated rings. The molecular formula is C18H23ClN4O3. The molecule has 1 saturated heterocycles. The Morgan fingerprint density at radius 1 is 1.38 bits per heavy atom. The first-order valence-electron chi connectivity index (χ1n) is 8.59. The van der Waals surface area contributed by atoms with Gasteiger partial charge in [0.2, 0.25) is 0 Å². The summed E-state index contributed by atoms with van der Waals surface area (Å²) in [6.07, 6.45) is 0.0923. The Hall–Kier alpha value is -2.12. The zero-order valence-electron chi connectivity index (χ0n) is 15.2. The van der Waals surface area contributed by atoms with Gasteiger partial charge in [0.25, 0.3) is 5.56 Å². The van der Waals surface area contributed by atoms with Gasteiger partial charge in [0, 0.05) is 19.5 Å². The molecule has 3 rings (SSSR count). The van der Waals surface area contributed by atoms with E-state index in [4.69, 9.17) is 22.1 Å². The number of nitrogens with two attached hydrogens (primary N) is 1. The Labute approximate surface area is 156 Å². The van der Waals surface area contributed by atoms with Crippen LogP contribution < -0.4 is 11.3 Å². The fourth-order valence-corrected chi connectivity index (χ4v) is 3.27. The molecular weight excluding hydrogens is 356 g/mol. The molecule has 26 heavy (non-hydrogen) atoms. The number of benzene rings is 1. The summed E-state index contributed by atoms with van der Waals surface area (Å²) in [5.74, 6) is 0.612. The van der Waals surface area contributed by atoms with Gasteiger partial charge in [0.05, 0.1) is 22.0 Å². The summed E-state index contributed by atoms with van der Waals surface area (Å²) < 4.78 is 6.99. The molecule has 1 amide bonds. The fraction of sp³-hybridized carbons (Fsp3) is 0.500. The first-order chi connectivity index (χ1) is 12.2. The Morgan fingerprint density at radius 3 is 2.69 bits per heavy atom. The summed E-state index contributed by atoms with van der Waals surface area (Å²) in [5.41, 5.74) is 5.50. The number of likely N-dealkylation sites (tertiary alicyclic amines) is 1. The SMILES string of the molecule is CC(C)(C)OC(=O)N1CC(n2c(CCN)nc3cccc(Cl)c3c2=O)C1. The van der Waals surface area contributed by atoms with Crippen LogP contribution in [0.25, 0.3) is 10.9 Å². The van der Waals surface area contributed by atoms with Crippen LogP contribution in [0.1, 0.15) is 32.6 Å². The molecule has 0 saturated carbocycles. The van der Waals surface area contributed by atoms with Crippen LogP contribution in [0, 0.1) is 0 Å². The van der Waals surface area contributed by atoms with Crippen molar-refractivity contribution in [2.45, 2.75) is 38.8 Å². The lowest BCUT2D eigenvalue weighted by Crippen LogP contribution is -2.54. The standard InChI is InChI=1S/C18H23ClN4O3/c1-18(2,3)26-17(25)22-9-11(10-22)23-14(7-8-20)21-13-6-4-5-12(19)15(13)16(23)24/h4-6,11H,7-10,20H2,1-3H3. The van der Waals surface area contributed by atoms with E-state index in [9.17, 15) is 9.59 Å². The third-order valence-electron chi connectivity index (χ3n) is 4.20. The fourth-order valence-electron chi connectivity index (χ4n) is 3.02. The highest BCUT2D eigenvalue weighted by Gasteiger charge is 2.36. The van der Waals surface area contributed by atoms with Crippen molar-refractivity contribution >= 4 is 28.6 Å². The van der Waals surface area contributed by atoms with E-state index in [0.717, 1.165) is 0 Å². The van der Waals surface area contributed by atoms with Crippen molar-refractivity contribution in [2.75, 3.05) is 19.6 Å². The highest BCUT2D eigenvalue weighted by Crippen LogP contribution is 2.26. The lowest BCUT2D eigenvalue weighted by molar-refractivity contribution is 0.000237. The molecule has 0 atom stereocenters. The quantitative estimate of drug-likeness (QED) is 0.885. The predicted molar refractivity (Wildman–Crippen MR) is 101 cm³/mol. The first-order valence-corrected chi connectivity index (χ1v) is 8.96. The van der Waals surface area contributed by atoms with Crippen LogP contribution in [0.2, 0.25) is 5.02 Å². The van der Waals surface area contributed by atoms with Gasteiger partial charge in [-0.25, -0.2) is 9.78 Å². The number of carbonyl (C=O) groups excluding carboxylic acids is 1. The second-order valence-corrected chi connectivity index (χ2v) is 7.82. The van der Waals surface area contributed by atoms with E-state index >= 15 is 0 Å². The number of rotatable bonds is 3. The van der Waals surface area contributed by atoms with Gasteiger partial charge < -0.3 is 15.4 Å². The maximum atomic E-state index is 13.0. The Kier molecular flexibility index (Phi) is 4.94. The molecule has 2 heterocycles. The maximum Gasteiger partial charge on any atom is 0.410 e. The van der Waals surface area contributed by atoms with Crippen molar-refractivity contribution in [3.05, 3.63) is 39.4 Å². The van der Waals surface area contributed by atoms with Gasteiger partial charge in [0.1, 0.15) is 11.4 Å². The van der Waals surface area contributed by atoms with Crippen molar-refractivity contribution in [3.63, 3.8) is 0 Å².